The van der Waals surface area contributed by atoms with Gasteiger partial charge in [-0.3, -0.25) is 0 Å². The molecular weight excluding hydrogens is 594 g/mol. The van der Waals surface area contributed by atoms with Crippen molar-refractivity contribution in [3.8, 4) is 5.75 Å². The average Bonchev–Trinajstić information content (AvgIpc) is 3.13. The number of hydrogen-bond acceptors (Lipinski definition) is 8. The van der Waals surface area contributed by atoms with Gasteiger partial charge in [-0.1, -0.05) is 25.6 Å². The monoisotopic (exact) mass is 624 g/mol. The molecule has 14 heteroatoms. The smallest absolute Gasteiger partial charge is 0.466 e. The Kier molecular flexibility index (Phi) is 11.5. The van der Waals surface area contributed by atoms with E-state index in [0.717, 1.165) is 57.4 Å². The summed E-state index contributed by atoms with van der Waals surface area (Å²) in [5, 5.41) is 4.48. The van der Waals surface area contributed by atoms with Crippen LogP contribution in [0.25, 0.3) is 11.2 Å². The first-order chi connectivity index (χ1) is 16.1. The number of aromatic nitrogens is 4. The molecule has 0 aliphatic heterocycles. The van der Waals surface area contributed by atoms with E-state index in [-0.39, 0.29) is 0 Å². The number of nitrogens with zero attached hydrogens (tertiary/aromatic N) is 4. The summed E-state index contributed by atoms with van der Waals surface area (Å²) in [6.07, 6.45) is 4.77. The summed E-state index contributed by atoms with van der Waals surface area (Å²) in [5.74, 6) is 1.23. The molecule has 3 aromatic rings. The average molecular weight is 624 g/mol. The molecule has 0 saturated carbocycles. The van der Waals surface area contributed by atoms with E-state index in [4.69, 9.17) is 34.7 Å². The van der Waals surface area contributed by atoms with Crippen LogP contribution in [0, 0.1) is 3.57 Å². The number of nitrogen functional groups attached to an aromatic ring is 1. The van der Waals surface area contributed by atoms with Crippen molar-refractivity contribution in [1.29, 1.82) is 0 Å². The molecule has 1 aromatic carbocycles. The Hall–Kier alpha value is -1.48. The lowest BCUT2D eigenvalue weighted by atomic mass is 10.2. The fraction of sp³-hybridized carbons (Fsp3) is 0.450. The second-order valence-electron chi connectivity index (χ2n) is 7.21. The lowest BCUT2D eigenvalue weighted by molar-refractivity contribution is 0.275. The number of ether oxygens (including phenoxy) is 1. The maximum Gasteiger partial charge on any atom is 0.466 e. The summed E-state index contributed by atoms with van der Waals surface area (Å²) >= 11 is 3.93. The standard InChI is InChI=1S/C20H27IN6OS.H3O4P/c1-4-13(5-2)23-9-6-10-27-19-17(18(22)24-12-25-19)26-20(27)29-16-11-14(28-3)7-8-15(16)21;1-5(2,3)4/h7-8,11-13,23H,4-6,9-10H2,1-3H3,(H2,22,24,25);(H3,1,2,3,4). The third-order valence-electron chi connectivity index (χ3n) is 4.84. The Morgan fingerprint density at radius 2 is 1.94 bits per heavy atom. The first kappa shape index (κ1) is 28.8. The predicted octanol–water partition coefficient (Wildman–Crippen LogP) is 3.41. The molecular formula is C20H30IN6O5PS. The number of methoxy groups -OCH3 is 1. The number of nitrogens with one attached hydrogen (secondary N) is 1. The second-order valence-corrected chi connectivity index (χ2v) is 10.4. The molecule has 6 N–H and O–H groups in total. The zero-order valence-corrected chi connectivity index (χ0v) is 23.0. The minimum Gasteiger partial charge on any atom is -0.497 e. The molecule has 0 aliphatic carbocycles. The topological polar surface area (TPSA) is 169 Å². The van der Waals surface area contributed by atoms with Gasteiger partial charge in [-0.05, 0) is 66.6 Å². The number of phosphoric acid groups is 1. The Balaban J connectivity index is 0.000000739. The van der Waals surface area contributed by atoms with Crippen molar-refractivity contribution in [3.63, 3.8) is 0 Å². The molecule has 34 heavy (non-hydrogen) atoms. The van der Waals surface area contributed by atoms with E-state index < -0.39 is 7.82 Å². The number of aryl methyl sites for hydroxylation is 1. The van der Waals surface area contributed by atoms with Crippen LogP contribution in [0.3, 0.4) is 0 Å². The highest BCUT2D eigenvalue weighted by Gasteiger charge is 2.17. The Morgan fingerprint density at radius 3 is 2.56 bits per heavy atom. The highest BCUT2D eigenvalue weighted by atomic mass is 127. The zero-order chi connectivity index (χ0) is 25.3. The van der Waals surface area contributed by atoms with Crippen molar-refractivity contribution in [2.45, 2.75) is 55.7 Å². The third kappa shape index (κ3) is 8.95. The predicted molar refractivity (Wildman–Crippen MR) is 141 cm³/mol. The zero-order valence-electron chi connectivity index (χ0n) is 19.2. The van der Waals surface area contributed by atoms with Crippen molar-refractivity contribution in [1.82, 2.24) is 24.8 Å². The van der Waals surface area contributed by atoms with Gasteiger partial charge in [0.1, 0.15) is 12.1 Å². The molecule has 188 valence electrons. The molecule has 0 aliphatic rings. The molecule has 11 nitrogen and oxygen atoms in total. The summed E-state index contributed by atoms with van der Waals surface area (Å²) in [5.41, 5.74) is 7.50. The van der Waals surface area contributed by atoms with Crippen LogP contribution < -0.4 is 15.8 Å². The number of hydrogen-bond donors (Lipinski definition) is 5. The highest BCUT2D eigenvalue weighted by molar-refractivity contribution is 14.1. The Morgan fingerprint density at radius 1 is 1.26 bits per heavy atom. The van der Waals surface area contributed by atoms with Crippen molar-refractivity contribution in [3.05, 3.63) is 28.1 Å². The lowest BCUT2D eigenvalue weighted by Crippen LogP contribution is -2.29. The van der Waals surface area contributed by atoms with Crippen LogP contribution in [0.1, 0.15) is 33.1 Å². The maximum absolute atomic E-state index is 8.88. The van der Waals surface area contributed by atoms with Gasteiger partial charge in [0.15, 0.2) is 22.1 Å². The number of benzene rings is 1. The minimum absolute atomic E-state index is 0.408. The number of rotatable bonds is 10. The summed E-state index contributed by atoms with van der Waals surface area (Å²) in [4.78, 5) is 36.0. The number of imidazole rings is 1. The molecule has 0 saturated heterocycles. The summed E-state index contributed by atoms with van der Waals surface area (Å²) in [6.45, 7) is 6.19. The van der Waals surface area contributed by atoms with Crippen molar-refractivity contribution >= 4 is 59.2 Å². The van der Waals surface area contributed by atoms with E-state index in [1.807, 2.05) is 18.2 Å². The van der Waals surface area contributed by atoms with Crippen LogP contribution in [-0.4, -0.2) is 53.9 Å². The highest BCUT2D eigenvalue weighted by Crippen LogP contribution is 2.35. The molecule has 0 radical (unpaired) electrons. The molecule has 0 atom stereocenters. The van der Waals surface area contributed by atoms with Crippen molar-refractivity contribution < 1.29 is 24.0 Å². The SMILES string of the molecule is CCC(CC)NCCCn1c(Sc2cc(OC)ccc2I)nc2c(N)ncnc21.O=P(O)(O)O. The second kappa shape index (κ2) is 13.6. The molecule has 0 fully saturated rings. The molecule has 0 spiro atoms. The van der Waals surface area contributed by atoms with Crippen LogP contribution in [0.5, 0.6) is 5.75 Å². The fourth-order valence-corrected chi connectivity index (χ4v) is 4.75. The van der Waals surface area contributed by atoms with E-state index in [0.29, 0.717) is 17.4 Å². The quantitative estimate of drug-likeness (QED) is 0.127. The summed E-state index contributed by atoms with van der Waals surface area (Å²) < 4.78 is 17.5. The number of anilines is 1. The first-order valence-electron chi connectivity index (χ1n) is 10.6. The Labute approximate surface area is 216 Å². The van der Waals surface area contributed by atoms with Gasteiger partial charge in [-0.25, -0.2) is 19.5 Å². The van der Waals surface area contributed by atoms with Gasteiger partial charge >= 0.3 is 7.82 Å². The van der Waals surface area contributed by atoms with E-state index in [2.05, 4.69) is 56.3 Å². The van der Waals surface area contributed by atoms with Gasteiger partial charge < -0.3 is 35.0 Å². The van der Waals surface area contributed by atoms with Gasteiger partial charge in [0.2, 0.25) is 0 Å². The largest absolute Gasteiger partial charge is 0.497 e. The third-order valence-corrected chi connectivity index (χ3v) is 7.20. The van der Waals surface area contributed by atoms with E-state index in [9.17, 15) is 0 Å². The van der Waals surface area contributed by atoms with Gasteiger partial charge in [0.05, 0.1) is 7.11 Å². The number of fused-ring (bicyclic) bond motifs is 1. The normalized spacial score (nSPS) is 11.5. The molecule has 0 amide bonds. The van der Waals surface area contributed by atoms with Gasteiger partial charge in [0, 0.05) is 21.1 Å². The number of halogens is 1. The molecule has 2 aromatic heterocycles. The van der Waals surface area contributed by atoms with Crippen LogP contribution in [0.2, 0.25) is 0 Å². The number of nitrogens with two attached hydrogens (primary N) is 1. The lowest BCUT2D eigenvalue weighted by Gasteiger charge is -2.15. The van der Waals surface area contributed by atoms with Gasteiger partial charge in [-0.15, -0.1) is 0 Å². The van der Waals surface area contributed by atoms with Gasteiger partial charge in [0.25, 0.3) is 0 Å². The molecule has 2 heterocycles. The summed E-state index contributed by atoms with van der Waals surface area (Å²) in [6, 6.07) is 6.60. The molecule has 3 rings (SSSR count). The Bertz CT molecular complexity index is 1120. The molecule has 0 unspecified atom stereocenters. The van der Waals surface area contributed by atoms with Crippen LogP contribution in [0.4, 0.5) is 5.82 Å². The van der Waals surface area contributed by atoms with E-state index in [1.165, 1.54) is 6.33 Å². The molecule has 0 bridgehead atoms. The maximum atomic E-state index is 8.88. The van der Waals surface area contributed by atoms with Crippen molar-refractivity contribution in [2.24, 2.45) is 0 Å². The first-order valence-corrected chi connectivity index (χ1v) is 14.0. The van der Waals surface area contributed by atoms with E-state index >= 15 is 0 Å². The minimum atomic E-state index is -4.64. The van der Waals surface area contributed by atoms with Crippen molar-refractivity contribution in [2.75, 3.05) is 19.4 Å². The fourth-order valence-electron chi connectivity index (χ4n) is 3.12. The van der Waals surface area contributed by atoms with Gasteiger partial charge in [-0.2, -0.15) is 0 Å². The van der Waals surface area contributed by atoms with Crippen LogP contribution in [-0.2, 0) is 11.1 Å². The summed E-state index contributed by atoms with van der Waals surface area (Å²) in [7, 11) is -2.96. The van der Waals surface area contributed by atoms with E-state index in [1.54, 1.807) is 18.9 Å². The van der Waals surface area contributed by atoms with Crippen LogP contribution in [0.15, 0.2) is 34.6 Å². The van der Waals surface area contributed by atoms with Crippen LogP contribution >= 0.6 is 42.2 Å².